The lowest BCUT2D eigenvalue weighted by Gasteiger charge is -2.32. The van der Waals surface area contributed by atoms with Crippen LogP contribution >= 0.6 is 0 Å². The number of carbonyl (C=O) groups excluding carboxylic acids is 2. The van der Waals surface area contributed by atoms with Crippen LogP contribution in [0.5, 0.6) is 0 Å². The van der Waals surface area contributed by atoms with Crippen molar-refractivity contribution in [1.82, 2.24) is 10.2 Å². The molecule has 0 fully saturated rings. The third kappa shape index (κ3) is 5.54. The number of urea groups is 1. The van der Waals surface area contributed by atoms with Crippen molar-refractivity contribution in [3.63, 3.8) is 0 Å². The Morgan fingerprint density at radius 2 is 2.08 bits per heavy atom. The molecule has 0 saturated carbocycles. The Morgan fingerprint density at radius 1 is 1.32 bits per heavy atom. The van der Waals surface area contributed by atoms with Crippen LogP contribution in [0.4, 0.5) is 14.9 Å². The summed E-state index contributed by atoms with van der Waals surface area (Å²) in [6.45, 7) is -0.318. The van der Waals surface area contributed by atoms with Gasteiger partial charge in [-0.25, -0.2) is 9.18 Å². The van der Waals surface area contributed by atoms with E-state index < -0.39 is 30.1 Å². The second-order valence-corrected chi connectivity index (χ2v) is 5.91. The topological polar surface area (TPSA) is 90.9 Å². The number of aliphatic hydroxyl groups excluding tert-OH is 1. The summed E-state index contributed by atoms with van der Waals surface area (Å²) in [6.07, 6.45) is 2.38. The van der Waals surface area contributed by atoms with E-state index in [0.29, 0.717) is 5.69 Å². The molecule has 7 nitrogen and oxygen atoms in total. The van der Waals surface area contributed by atoms with E-state index in [1.54, 1.807) is 32.3 Å². The van der Waals surface area contributed by atoms with Crippen molar-refractivity contribution < 1.29 is 23.8 Å². The number of hydrogen-bond acceptors (Lipinski definition) is 4. The standard InChI is InChI=1S/C17H22FN3O4/c1-21(2)16(23)9-13-6-7-14(15(10-22)25-13)20-17(24)19-12-5-3-4-11(18)8-12/h3-8,13-15,22H,9-10H2,1-2H3,(H2,19,20,24)/t13-,14-,15+/m0/s1. The molecule has 1 aromatic rings. The Kier molecular flexibility index (Phi) is 6.49. The van der Waals surface area contributed by atoms with E-state index in [1.807, 2.05) is 0 Å². The van der Waals surface area contributed by atoms with Gasteiger partial charge in [0.05, 0.1) is 25.2 Å². The summed E-state index contributed by atoms with van der Waals surface area (Å²) < 4.78 is 18.8. The van der Waals surface area contributed by atoms with Crippen LogP contribution in [-0.4, -0.2) is 60.9 Å². The van der Waals surface area contributed by atoms with E-state index in [2.05, 4.69) is 10.6 Å². The highest BCUT2D eigenvalue weighted by Gasteiger charge is 2.29. The maximum atomic E-state index is 13.1. The fourth-order valence-electron chi connectivity index (χ4n) is 2.38. The normalized spacial score (nSPS) is 22.3. The fraction of sp³-hybridized carbons (Fsp3) is 0.412. The number of nitrogens with one attached hydrogen (secondary N) is 2. The zero-order valence-corrected chi connectivity index (χ0v) is 14.1. The number of aliphatic hydroxyl groups is 1. The van der Waals surface area contributed by atoms with Crippen LogP contribution in [0.2, 0.25) is 0 Å². The number of anilines is 1. The van der Waals surface area contributed by atoms with Gasteiger partial charge in [0.2, 0.25) is 5.91 Å². The summed E-state index contributed by atoms with van der Waals surface area (Å²) in [4.78, 5) is 25.2. The number of halogens is 1. The number of nitrogens with zero attached hydrogens (tertiary/aromatic N) is 1. The van der Waals surface area contributed by atoms with Crippen LogP contribution in [-0.2, 0) is 9.53 Å². The van der Waals surface area contributed by atoms with Gasteiger partial charge in [0.1, 0.15) is 11.9 Å². The van der Waals surface area contributed by atoms with Crippen LogP contribution in [0.3, 0.4) is 0 Å². The van der Waals surface area contributed by atoms with Crippen LogP contribution in [0.1, 0.15) is 6.42 Å². The van der Waals surface area contributed by atoms with Gasteiger partial charge in [0.25, 0.3) is 0 Å². The van der Waals surface area contributed by atoms with Crippen LogP contribution in [0.25, 0.3) is 0 Å². The zero-order valence-electron chi connectivity index (χ0n) is 14.1. The molecule has 2 rings (SSSR count). The quantitative estimate of drug-likeness (QED) is 0.693. The minimum absolute atomic E-state index is 0.0957. The first-order valence-electron chi connectivity index (χ1n) is 7.87. The molecule has 0 aromatic heterocycles. The Labute approximate surface area is 145 Å². The SMILES string of the molecule is CN(C)C(=O)C[C@@H]1C=C[C@H](NC(=O)Nc2cccc(F)c2)[C@@H](CO)O1. The van der Waals surface area contributed by atoms with Gasteiger partial charge in [0.15, 0.2) is 0 Å². The third-order valence-corrected chi connectivity index (χ3v) is 3.72. The zero-order chi connectivity index (χ0) is 18.4. The molecule has 3 N–H and O–H groups in total. The fourth-order valence-corrected chi connectivity index (χ4v) is 2.38. The summed E-state index contributed by atoms with van der Waals surface area (Å²) in [5.41, 5.74) is 0.313. The van der Waals surface area contributed by atoms with E-state index in [4.69, 9.17) is 4.74 Å². The monoisotopic (exact) mass is 351 g/mol. The van der Waals surface area contributed by atoms with Gasteiger partial charge >= 0.3 is 6.03 Å². The van der Waals surface area contributed by atoms with Gasteiger partial charge in [-0.05, 0) is 18.2 Å². The molecule has 1 aliphatic rings. The second-order valence-electron chi connectivity index (χ2n) is 5.91. The van der Waals surface area contributed by atoms with E-state index >= 15 is 0 Å². The van der Waals surface area contributed by atoms with E-state index in [1.165, 1.54) is 23.1 Å². The summed E-state index contributed by atoms with van der Waals surface area (Å²) in [5, 5.41) is 14.6. The maximum absolute atomic E-state index is 13.1. The van der Waals surface area contributed by atoms with Crippen LogP contribution in [0, 0.1) is 5.82 Å². The van der Waals surface area contributed by atoms with Crippen molar-refractivity contribution in [2.45, 2.75) is 24.7 Å². The molecule has 3 atom stereocenters. The summed E-state index contributed by atoms with van der Waals surface area (Å²) in [7, 11) is 3.30. The molecule has 8 heteroatoms. The minimum Gasteiger partial charge on any atom is -0.394 e. The Morgan fingerprint density at radius 3 is 2.72 bits per heavy atom. The van der Waals surface area contributed by atoms with Gasteiger partial charge in [-0.2, -0.15) is 0 Å². The highest BCUT2D eigenvalue weighted by Crippen LogP contribution is 2.17. The predicted molar refractivity (Wildman–Crippen MR) is 90.5 cm³/mol. The number of hydrogen-bond donors (Lipinski definition) is 3. The number of carbonyl (C=O) groups is 2. The molecule has 0 bridgehead atoms. The first-order chi connectivity index (χ1) is 11.9. The molecule has 0 saturated heterocycles. The summed E-state index contributed by atoms with van der Waals surface area (Å²) in [6, 6.07) is 4.39. The minimum atomic E-state index is -0.678. The maximum Gasteiger partial charge on any atom is 0.319 e. The van der Waals surface area contributed by atoms with Gasteiger partial charge < -0.3 is 25.4 Å². The number of rotatable bonds is 5. The van der Waals surface area contributed by atoms with Gasteiger partial charge in [-0.15, -0.1) is 0 Å². The molecule has 0 spiro atoms. The molecule has 0 radical (unpaired) electrons. The molecule has 0 aliphatic carbocycles. The van der Waals surface area contributed by atoms with E-state index in [9.17, 15) is 19.1 Å². The lowest BCUT2D eigenvalue weighted by atomic mass is 10.0. The van der Waals surface area contributed by atoms with E-state index in [-0.39, 0.29) is 18.9 Å². The molecule has 136 valence electrons. The molecule has 25 heavy (non-hydrogen) atoms. The van der Waals surface area contributed by atoms with Crippen molar-refractivity contribution in [3.8, 4) is 0 Å². The smallest absolute Gasteiger partial charge is 0.319 e. The first kappa shape index (κ1) is 18.9. The number of ether oxygens (including phenoxy) is 1. The molecule has 1 aliphatic heterocycles. The Balaban J connectivity index is 1.94. The summed E-state index contributed by atoms with van der Waals surface area (Å²) in [5.74, 6) is -0.554. The van der Waals surface area contributed by atoms with Crippen molar-refractivity contribution in [3.05, 3.63) is 42.2 Å². The van der Waals surface area contributed by atoms with Crippen molar-refractivity contribution in [2.24, 2.45) is 0 Å². The second kappa shape index (κ2) is 8.59. The average Bonchev–Trinajstić information content (AvgIpc) is 2.56. The first-order valence-corrected chi connectivity index (χ1v) is 7.87. The lowest BCUT2D eigenvalue weighted by Crippen LogP contribution is -2.50. The molecular formula is C17H22FN3O4. The average molecular weight is 351 g/mol. The van der Waals surface area contributed by atoms with Crippen LogP contribution < -0.4 is 10.6 Å². The highest BCUT2D eigenvalue weighted by atomic mass is 19.1. The lowest BCUT2D eigenvalue weighted by molar-refractivity contribution is -0.132. The van der Waals surface area contributed by atoms with E-state index in [0.717, 1.165) is 0 Å². The van der Waals surface area contributed by atoms with Gasteiger partial charge in [-0.1, -0.05) is 18.2 Å². The number of benzene rings is 1. The van der Waals surface area contributed by atoms with Crippen molar-refractivity contribution >= 4 is 17.6 Å². The molecule has 1 aromatic carbocycles. The molecule has 0 unspecified atom stereocenters. The van der Waals surface area contributed by atoms with Crippen LogP contribution in [0.15, 0.2) is 36.4 Å². The van der Waals surface area contributed by atoms with Crippen molar-refractivity contribution in [2.75, 3.05) is 26.0 Å². The van der Waals surface area contributed by atoms with Gasteiger partial charge in [0, 0.05) is 19.8 Å². The van der Waals surface area contributed by atoms with Crippen molar-refractivity contribution in [1.29, 1.82) is 0 Å². The third-order valence-electron chi connectivity index (χ3n) is 3.72. The largest absolute Gasteiger partial charge is 0.394 e. The molecule has 3 amide bonds. The molecule has 1 heterocycles. The highest BCUT2D eigenvalue weighted by molar-refractivity contribution is 5.89. The number of amides is 3. The molecular weight excluding hydrogens is 329 g/mol. The predicted octanol–water partition coefficient (Wildman–Crippen LogP) is 1.11. The Bertz CT molecular complexity index is 651. The Hall–Kier alpha value is -2.45. The van der Waals surface area contributed by atoms with Gasteiger partial charge in [-0.3, -0.25) is 4.79 Å². The summed E-state index contributed by atoms with van der Waals surface area (Å²) >= 11 is 0.